The van der Waals surface area contributed by atoms with Gasteiger partial charge in [-0.05, 0) is 122 Å². The van der Waals surface area contributed by atoms with Gasteiger partial charge in [-0.1, -0.05) is 220 Å². The minimum absolute atomic E-state index is 0.936. The van der Waals surface area contributed by atoms with Crippen LogP contribution in [-0.4, -0.2) is 77.0 Å². The Kier molecular flexibility index (Phi) is 37.8. The highest BCUT2D eigenvalue weighted by molar-refractivity contribution is 7.09. The molecule has 0 aliphatic carbocycles. The second-order valence-electron chi connectivity index (χ2n) is 20.7. The molecule has 3 aromatic carbocycles. The fraction of sp³-hybridized carbons (Fsp3) is 0.710. The highest BCUT2D eigenvalue weighted by Gasteiger charge is 2.43. The molecule has 0 radical (unpaired) electrons. The summed E-state index contributed by atoms with van der Waals surface area (Å²) in [5.74, 6) is 0. The lowest BCUT2D eigenvalue weighted by Crippen LogP contribution is -2.74. The quantitative estimate of drug-likeness (QED) is 0.0327. The van der Waals surface area contributed by atoms with E-state index in [9.17, 15) is 10.0 Å². The van der Waals surface area contributed by atoms with E-state index in [0.717, 1.165) is 73.3 Å². The molecule has 0 saturated carbocycles. The SMILES string of the molecule is CCCC[N+](CCCC)(CCCC)CCCC.CCCC[N+](CCCC)(CCCC)CCCC.CCCCc1ccc([Si](OB([O-])[O-])(c2ccccc2)c2ccccc2)c(CCCC)c1CCCC. The molecule has 5 nitrogen and oxygen atoms in total. The lowest BCUT2D eigenvalue weighted by molar-refractivity contribution is -0.929. The summed E-state index contributed by atoms with van der Waals surface area (Å²) in [6.07, 6.45) is 31.9. The van der Waals surface area contributed by atoms with E-state index in [4.69, 9.17) is 4.34 Å². The third-order valence-electron chi connectivity index (χ3n) is 14.8. The lowest BCUT2D eigenvalue weighted by atomic mass is 9.91. The molecule has 0 N–H and O–H groups in total. The van der Waals surface area contributed by atoms with Crippen LogP contribution in [-0.2, 0) is 23.6 Å². The number of quaternary nitrogens is 2. The first kappa shape index (κ1) is 64.8. The van der Waals surface area contributed by atoms with Gasteiger partial charge in [0.25, 0.3) is 8.32 Å². The smallest absolute Gasteiger partial charge is 0.271 e. The second kappa shape index (κ2) is 40.2. The molecule has 3 rings (SSSR count). The maximum atomic E-state index is 12.3. The van der Waals surface area contributed by atoms with E-state index in [2.05, 4.69) is 88.3 Å². The van der Waals surface area contributed by atoms with Crippen LogP contribution in [0.2, 0.25) is 0 Å². The number of hydrogen-bond acceptors (Lipinski definition) is 3. The molecule has 3 aromatic rings. The van der Waals surface area contributed by atoms with Crippen molar-refractivity contribution < 1.29 is 23.4 Å². The molecule has 0 heterocycles. The molecule has 0 fully saturated rings. The summed E-state index contributed by atoms with van der Waals surface area (Å²) >= 11 is 0. The summed E-state index contributed by atoms with van der Waals surface area (Å²) in [4.78, 5) is 0. The minimum atomic E-state index is -3.33. The van der Waals surface area contributed by atoms with E-state index in [1.165, 1.54) is 181 Å². The Morgan fingerprint density at radius 2 is 0.652 bits per heavy atom. The Hall–Kier alpha value is -2.26. The van der Waals surface area contributed by atoms with E-state index in [1.807, 2.05) is 60.7 Å². The van der Waals surface area contributed by atoms with Crippen LogP contribution in [0.25, 0.3) is 0 Å². The standard InChI is InChI=1S/C30H39BO3Si.2C16H36N/c1-4-7-16-25-23-24-30(29(22-9-6-3)28(25)21-8-5-2)35(34-31(32)33,26-17-12-10-13-18-26)27-19-14-11-15-20-27;2*1-5-9-13-17(14-10-6-2,15-11-7-3)16-12-8-4/h10-15,17-20,23-24H,4-9,16,21-22H2,1-3H3;2*5-16H2,1-4H3/q-2;2*+1. The van der Waals surface area contributed by atoms with Crippen LogP contribution in [0.4, 0.5) is 0 Å². The van der Waals surface area contributed by atoms with Crippen LogP contribution in [0.5, 0.6) is 0 Å². The first-order chi connectivity index (χ1) is 33.6. The normalized spacial score (nSPS) is 11.8. The van der Waals surface area contributed by atoms with Crippen molar-refractivity contribution in [3.63, 3.8) is 0 Å². The Morgan fingerprint density at radius 1 is 0.362 bits per heavy atom. The van der Waals surface area contributed by atoms with Gasteiger partial charge in [0.15, 0.2) is 0 Å². The summed E-state index contributed by atoms with van der Waals surface area (Å²) < 4.78 is 8.97. The highest BCUT2D eigenvalue weighted by Crippen LogP contribution is 2.25. The Labute approximate surface area is 431 Å². The van der Waals surface area contributed by atoms with Gasteiger partial charge in [0.2, 0.25) is 0 Å². The van der Waals surface area contributed by atoms with Crippen molar-refractivity contribution in [2.24, 2.45) is 0 Å². The largest absolute Gasteiger partial charge is 0.872 e. The fourth-order valence-corrected chi connectivity index (χ4v) is 14.4. The summed E-state index contributed by atoms with van der Waals surface area (Å²) in [5, 5.41) is 27.6. The van der Waals surface area contributed by atoms with Gasteiger partial charge in [0.05, 0.1) is 52.4 Å². The molecule has 0 unspecified atom stereocenters. The summed E-state index contributed by atoms with van der Waals surface area (Å²) in [7, 11) is -5.69. The molecule has 0 aliphatic rings. The molecule has 394 valence electrons. The molecule has 0 aromatic heterocycles. The molecule has 0 atom stereocenters. The summed E-state index contributed by atoms with van der Waals surface area (Å²) in [6, 6.07) is 24.4. The van der Waals surface area contributed by atoms with Crippen molar-refractivity contribution in [3.05, 3.63) is 89.5 Å². The average molecular weight is 971 g/mol. The fourth-order valence-electron chi connectivity index (χ4n) is 10.4. The van der Waals surface area contributed by atoms with Gasteiger partial charge < -0.3 is 23.4 Å². The van der Waals surface area contributed by atoms with Crippen molar-refractivity contribution in [2.75, 3.05) is 52.4 Å². The van der Waals surface area contributed by atoms with Gasteiger partial charge in [0.1, 0.15) is 0 Å². The van der Waals surface area contributed by atoms with E-state index in [0.29, 0.717) is 0 Å². The third kappa shape index (κ3) is 23.9. The first-order valence-corrected chi connectivity index (χ1v) is 31.4. The van der Waals surface area contributed by atoms with E-state index in [-0.39, 0.29) is 0 Å². The molecular weight excluding hydrogens is 860 g/mol. The second-order valence-corrected chi connectivity index (χ2v) is 24.0. The minimum Gasteiger partial charge on any atom is -0.872 e. The lowest BCUT2D eigenvalue weighted by Gasteiger charge is -2.43. The van der Waals surface area contributed by atoms with Crippen molar-refractivity contribution >= 4 is 31.2 Å². The maximum absolute atomic E-state index is 12.3. The Bertz CT molecular complexity index is 1470. The number of hydrogen-bond donors (Lipinski definition) is 0. The molecule has 69 heavy (non-hydrogen) atoms. The van der Waals surface area contributed by atoms with Crippen molar-refractivity contribution in [1.82, 2.24) is 0 Å². The van der Waals surface area contributed by atoms with Crippen LogP contribution < -0.4 is 25.6 Å². The molecular formula is C62H111BN2O3Si. The van der Waals surface area contributed by atoms with Gasteiger partial charge in [-0.3, -0.25) is 0 Å². The van der Waals surface area contributed by atoms with Crippen LogP contribution in [0, 0.1) is 0 Å². The van der Waals surface area contributed by atoms with Gasteiger partial charge in [-0.2, -0.15) is 0 Å². The van der Waals surface area contributed by atoms with Gasteiger partial charge in [-0.15, -0.1) is 0 Å². The zero-order valence-corrected chi connectivity index (χ0v) is 48.5. The Balaban J connectivity index is 0.000000588. The number of unbranched alkanes of at least 4 members (excludes halogenated alkanes) is 11. The van der Waals surface area contributed by atoms with Crippen molar-refractivity contribution in [1.29, 1.82) is 0 Å². The first-order valence-electron chi connectivity index (χ1n) is 29.5. The van der Waals surface area contributed by atoms with Crippen LogP contribution >= 0.6 is 0 Å². The molecule has 0 saturated heterocycles. The topological polar surface area (TPSA) is 55.3 Å². The zero-order chi connectivity index (χ0) is 51.1. The molecule has 0 aliphatic heterocycles. The number of nitrogens with zero attached hydrogens (tertiary/aromatic N) is 2. The van der Waals surface area contributed by atoms with Gasteiger partial charge in [0, 0.05) is 7.32 Å². The molecule has 0 amide bonds. The average Bonchev–Trinajstić information content (AvgIpc) is 3.38. The van der Waals surface area contributed by atoms with Crippen molar-refractivity contribution in [3.8, 4) is 0 Å². The van der Waals surface area contributed by atoms with Gasteiger partial charge in [-0.25, -0.2) is 0 Å². The maximum Gasteiger partial charge on any atom is 0.271 e. The zero-order valence-electron chi connectivity index (χ0n) is 47.5. The van der Waals surface area contributed by atoms with Crippen LogP contribution in [0.1, 0.15) is 234 Å². The van der Waals surface area contributed by atoms with Crippen LogP contribution in [0.15, 0.2) is 72.8 Å². The number of benzene rings is 3. The predicted molar refractivity (Wildman–Crippen MR) is 305 cm³/mol. The van der Waals surface area contributed by atoms with Gasteiger partial charge >= 0.3 is 0 Å². The summed E-state index contributed by atoms with van der Waals surface area (Å²) in [5.41, 5.74) is 4.15. The molecule has 0 bridgehead atoms. The van der Waals surface area contributed by atoms with Crippen molar-refractivity contribution in [2.45, 2.75) is 237 Å². The monoisotopic (exact) mass is 971 g/mol. The number of aryl methyl sites for hydroxylation is 1. The van der Waals surface area contributed by atoms with E-state index in [1.54, 1.807) is 0 Å². The Morgan fingerprint density at radius 3 is 0.942 bits per heavy atom. The highest BCUT2D eigenvalue weighted by atomic mass is 28.4. The summed E-state index contributed by atoms with van der Waals surface area (Å²) in [6.45, 7) is 36.7. The third-order valence-corrected chi connectivity index (χ3v) is 18.9. The molecule has 0 spiro atoms. The van der Waals surface area contributed by atoms with E-state index >= 15 is 0 Å². The molecule has 7 heteroatoms. The number of rotatable bonds is 38. The predicted octanol–water partition coefficient (Wildman–Crippen LogP) is 13.4. The van der Waals surface area contributed by atoms with E-state index < -0.39 is 15.6 Å². The van der Waals surface area contributed by atoms with Crippen LogP contribution in [0.3, 0.4) is 0 Å².